The van der Waals surface area contributed by atoms with E-state index in [1.807, 2.05) is 18.2 Å². The van der Waals surface area contributed by atoms with Crippen LogP contribution in [0.3, 0.4) is 0 Å². The van der Waals surface area contributed by atoms with Gasteiger partial charge < -0.3 is 4.90 Å². The Balaban J connectivity index is 1.50. The Hall–Kier alpha value is -2.83. The topological polar surface area (TPSA) is 79.3 Å². The molecule has 7 heteroatoms. The summed E-state index contributed by atoms with van der Waals surface area (Å²) in [4.78, 5) is 40.8. The summed E-state index contributed by atoms with van der Waals surface area (Å²) in [7, 11) is 0. The molecule has 24 heavy (non-hydrogen) atoms. The average Bonchev–Trinajstić information content (AvgIpc) is 3.19. The highest BCUT2D eigenvalue weighted by Gasteiger charge is 2.49. The minimum Gasteiger partial charge on any atom is -0.337 e. The molecule has 0 aliphatic carbocycles. The van der Waals surface area contributed by atoms with E-state index in [2.05, 4.69) is 15.0 Å². The van der Waals surface area contributed by atoms with E-state index in [1.54, 1.807) is 22.2 Å². The van der Waals surface area contributed by atoms with Crippen molar-refractivity contribution < 1.29 is 9.59 Å². The first-order valence-electron chi connectivity index (χ1n) is 7.94. The van der Waals surface area contributed by atoms with E-state index in [9.17, 15) is 9.59 Å². The molecular formula is C17H17N5O2. The lowest BCUT2D eigenvalue weighted by Gasteiger charge is -2.23. The van der Waals surface area contributed by atoms with Crippen molar-refractivity contribution in [1.29, 1.82) is 0 Å². The second-order valence-corrected chi connectivity index (χ2v) is 6.41. The van der Waals surface area contributed by atoms with Crippen molar-refractivity contribution in [2.45, 2.75) is 12.8 Å². The molecule has 2 aromatic rings. The first kappa shape index (κ1) is 14.7. The zero-order valence-electron chi connectivity index (χ0n) is 13.1. The van der Waals surface area contributed by atoms with Crippen LogP contribution in [-0.4, -0.2) is 51.3 Å². The average molecular weight is 323 g/mol. The van der Waals surface area contributed by atoms with Gasteiger partial charge in [0.05, 0.1) is 6.20 Å². The highest BCUT2D eigenvalue weighted by molar-refractivity contribution is 5.96. The van der Waals surface area contributed by atoms with Gasteiger partial charge in [0.1, 0.15) is 11.5 Å². The molecule has 4 heterocycles. The Morgan fingerprint density at radius 3 is 2.79 bits per heavy atom. The Bertz CT molecular complexity index is 767. The summed E-state index contributed by atoms with van der Waals surface area (Å²) in [5.74, 6) is 0.629. The molecule has 1 atom stereocenters. The molecule has 4 rings (SSSR count). The first-order chi connectivity index (χ1) is 11.7. The van der Waals surface area contributed by atoms with Gasteiger partial charge in [-0.3, -0.25) is 19.5 Å². The molecule has 2 amide bonds. The van der Waals surface area contributed by atoms with Crippen molar-refractivity contribution in [3.05, 3.63) is 48.7 Å². The summed E-state index contributed by atoms with van der Waals surface area (Å²) in [6, 6.07) is 5.55. The van der Waals surface area contributed by atoms with Crippen LogP contribution in [0.4, 0.5) is 5.82 Å². The summed E-state index contributed by atoms with van der Waals surface area (Å²) in [6.45, 7) is 1.81. The number of carbonyl (C=O) groups is 2. The van der Waals surface area contributed by atoms with Crippen LogP contribution < -0.4 is 4.90 Å². The molecule has 2 saturated heterocycles. The summed E-state index contributed by atoms with van der Waals surface area (Å²) >= 11 is 0. The van der Waals surface area contributed by atoms with Crippen LogP contribution in [0.2, 0.25) is 0 Å². The van der Waals surface area contributed by atoms with Gasteiger partial charge in [0, 0.05) is 50.1 Å². The Labute approximate surface area is 139 Å². The fraction of sp³-hybridized carbons (Fsp3) is 0.353. The molecule has 0 radical (unpaired) electrons. The predicted molar refractivity (Wildman–Crippen MR) is 86.2 cm³/mol. The second kappa shape index (κ2) is 5.67. The van der Waals surface area contributed by atoms with Gasteiger partial charge in [0.25, 0.3) is 5.91 Å². The fourth-order valence-electron chi connectivity index (χ4n) is 3.57. The SMILES string of the molecule is O=C(c1cnccn1)N1CCC2(CC(=O)N(c3ccccn3)C2)C1. The first-order valence-corrected chi connectivity index (χ1v) is 7.94. The number of amides is 2. The van der Waals surface area contributed by atoms with Crippen LogP contribution in [0.25, 0.3) is 0 Å². The molecule has 1 spiro atoms. The largest absolute Gasteiger partial charge is 0.337 e. The smallest absolute Gasteiger partial charge is 0.274 e. The van der Waals surface area contributed by atoms with Crippen LogP contribution in [0.15, 0.2) is 43.0 Å². The van der Waals surface area contributed by atoms with E-state index < -0.39 is 0 Å². The van der Waals surface area contributed by atoms with Gasteiger partial charge in [-0.25, -0.2) is 9.97 Å². The number of pyridine rings is 1. The molecular weight excluding hydrogens is 306 g/mol. The van der Waals surface area contributed by atoms with Gasteiger partial charge >= 0.3 is 0 Å². The zero-order chi connectivity index (χ0) is 16.6. The lowest BCUT2D eigenvalue weighted by atomic mass is 9.86. The predicted octanol–water partition coefficient (Wildman–Crippen LogP) is 1.14. The van der Waals surface area contributed by atoms with Crippen molar-refractivity contribution in [1.82, 2.24) is 19.9 Å². The maximum atomic E-state index is 12.5. The molecule has 2 fully saturated rings. The molecule has 0 N–H and O–H groups in total. The van der Waals surface area contributed by atoms with Gasteiger partial charge in [-0.05, 0) is 18.6 Å². The molecule has 2 aliphatic heterocycles. The third-order valence-corrected chi connectivity index (χ3v) is 4.75. The van der Waals surface area contributed by atoms with Crippen molar-refractivity contribution >= 4 is 17.6 Å². The van der Waals surface area contributed by atoms with E-state index in [0.29, 0.717) is 37.6 Å². The number of hydrogen-bond donors (Lipinski definition) is 0. The summed E-state index contributed by atoms with van der Waals surface area (Å²) in [6.07, 6.45) is 7.49. The van der Waals surface area contributed by atoms with Crippen LogP contribution in [0.5, 0.6) is 0 Å². The molecule has 0 aromatic carbocycles. The van der Waals surface area contributed by atoms with Gasteiger partial charge in [0.2, 0.25) is 5.91 Å². The Morgan fingerprint density at radius 1 is 1.12 bits per heavy atom. The molecule has 2 aromatic heterocycles. The number of likely N-dealkylation sites (tertiary alicyclic amines) is 1. The summed E-state index contributed by atoms with van der Waals surface area (Å²) in [5, 5.41) is 0. The van der Waals surface area contributed by atoms with Crippen LogP contribution in [0, 0.1) is 5.41 Å². The summed E-state index contributed by atoms with van der Waals surface area (Å²) in [5.41, 5.74) is 0.160. The van der Waals surface area contributed by atoms with Gasteiger partial charge in [0.15, 0.2) is 0 Å². The number of aromatic nitrogens is 3. The van der Waals surface area contributed by atoms with E-state index in [4.69, 9.17) is 0 Å². The van der Waals surface area contributed by atoms with Gasteiger partial charge in [-0.1, -0.05) is 6.07 Å². The monoisotopic (exact) mass is 323 g/mol. The molecule has 7 nitrogen and oxygen atoms in total. The highest BCUT2D eigenvalue weighted by atomic mass is 16.2. The lowest BCUT2D eigenvalue weighted by Crippen LogP contribution is -2.34. The van der Waals surface area contributed by atoms with Crippen LogP contribution in [-0.2, 0) is 4.79 Å². The second-order valence-electron chi connectivity index (χ2n) is 6.41. The normalized spacial score (nSPS) is 23.2. The van der Waals surface area contributed by atoms with Crippen LogP contribution >= 0.6 is 0 Å². The van der Waals surface area contributed by atoms with Crippen molar-refractivity contribution in [2.75, 3.05) is 24.5 Å². The molecule has 122 valence electrons. The standard InChI is InChI=1S/C17H17N5O2/c23-15-9-17(12-22(15)14-3-1-2-5-20-14)4-8-21(11-17)16(24)13-10-18-6-7-19-13/h1-3,5-7,10H,4,8-9,11-12H2. The van der Waals surface area contributed by atoms with Gasteiger partial charge in [-0.2, -0.15) is 0 Å². The Kier molecular flexibility index (Phi) is 3.48. The third-order valence-electron chi connectivity index (χ3n) is 4.75. The van der Waals surface area contributed by atoms with Crippen molar-refractivity contribution in [2.24, 2.45) is 5.41 Å². The van der Waals surface area contributed by atoms with E-state index in [0.717, 1.165) is 6.42 Å². The number of rotatable bonds is 2. The third kappa shape index (κ3) is 2.51. The summed E-state index contributed by atoms with van der Waals surface area (Å²) < 4.78 is 0. The van der Waals surface area contributed by atoms with Crippen molar-refractivity contribution in [3.63, 3.8) is 0 Å². The van der Waals surface area contributed by atoms with Gasteiger partial charge in [-0.15, -0.1) is 0 Å². The molecule has 2 aliphatic rings. The quantitative estimate of drug-likeness (QED) is 0.828. The number of nitrogens with zero attached hydrogens (tertiary/aromatic N) is 5. The van der Waals surface area contributed by atoms with E-state index in [-0.39, 0.29) is 17.2 Å². The minimum atomic E-state index is -0.188. The van der Waals surface area contributed by atoms with Crippen LogP contribution in [0.1, 0.15) is 23.3 Å². The maximum absolute atomic E-state index is 12.5. The minimum absolute atomic E-state index is 0.0718. The van der Waals surface area contributed by atoms with E-state index >= 15 is 0 Å². The fourth-order valence-corrected chi connectivity index (χ4v) is 3.57. The van der Waals surface area contributed by atoms with E-state index in [1.165, 1.54) is 12.4 Å². The maximum Gasteiger partial charge on any atom is 0.274 e. The number of hydrogen-bond acceptors (Lipinski definition) is 5. The van der Waals surface area contributed by atoms with Crippen molar-refractivity contribution in [3.8, 4) is 0 Å². The number of anilines is 1. The number of carbonyl (C=O) groups excluding carboxylic acids is 2. The Morgan fingerprint density at radius 2 is 2.04 bits per heavy atom. The zero-order valence-corrected chi connectivity index (χ0v) is 13.1. The molecule has 0 bridgehead atoms. The molecule has 0 saturated carbocycles. The highest BCUT2D eigenvalue weighted by Crippen LogP contribution is 2.41. The molecule has 1 unspecified atom stereocenters. The lowest BCUT2D eigenvalue weighted by molar-refractivity contribution is -0.117.